The first-order chi connectivity index (χ1) is 9.26. The van der Waals surface area contributed by atoms with Gasteiger partial charge < -0.3 is 10.2 Å². The maximum atomic E-state index is 13.5. The molecule has 0 amide bonds. The van der Waals surface area contributed by atoms with Crippen LogP contribution >= 0.6 is 0 Å². The quantitative estimate of drug-likeness (QED) is 0.875. The van der Waals surface area contributed by atoms with E-state index in [1.54, 1.807) is 12.1 Å². The molecule has 0 aromatic heterocycles. The van der Waals surface area contributed by atoms with Crippen molar-refractivity contribution in [2.24, 2.45) is 5.92 Å². The highest BCUT2D eigenvalue weighted by atomic mass is 19.1. The first kappa shape index (κ1) is 12.9. The summed E-state index contributed by atoms with van der Waals surface area (Å²) >= 11 is 0. The van der Waals surface area contributed by atoms with E-state index in [2.05, 4.69) is 17.1 Å². The number of halogens is 1. The van der Waals surface area contributed by atoms with Crippen molar-refractivity contribution >= 4 is 5.69 Å². The summed E-state index contributed by atoms with van der Waals surface area (Å²) in [5, 5.41) is 3.50. The van der Waals surface area contributed by atoms with E-state index in [1.165, 1.54) is 31.4 Å². The third-order valence-electron chi connectivity index (χ3n) is 4.40. The third-order valence-corrected chi connectivity index (χ3v) is 4.40. The van der Waals surface area contributed by atoms with Gasteiger partial charge >= 0.3 is 0 Å². The van der Waals surface area contributed by atoms with Crippen LogP contribution in [0.2, 0.25) is 0 Å². The molecule has 1 aliphatic heterocycles. The lowest BCUT2D eigenvalue weighted by molar-refractivity contribution is 0.568. The van der Waals surface area contributed by atoms with Gasteiger partial charge in [0.25, 0.3) is 0 Å². The van der Waals surface area contributed by atoms with Crippen LogP contribution in [0, 0.1) is 11.7 Å². The van der Waals surface area contributed by atoms with E-state index in [4.69, 9.17) is 0 Å². The van der Waals surface area contributed by atoms with Gasteiger partial charge in [-0.25, -0.2) is 4.39 Å². The van der Waals surface area contributed by atoms with Gasteiger partial charge in [-0.3, -0.25) is 0 Å². The van der Waals surface area contributed by atoms with Crippen LogP contribution in [0.4, 0.5) is 10.1 Å². The van der Waals surface area contributed by atoms with Crippen molar-refractivity contribution in [3.8, 4) is 0 Å². The van der Waals surface area contributed by atoms with E-state index in [0.717, 1.165) is 31.1 Å². The van der Waals surface area contributed by atoms with Crippen LogP contribution in [-0.4, -0.2) is 19.1 Å². The molecule has 0 bridgehead atoms. The zero-order valence-corrected chi connectivity index (χ0v) is 11.7. The van der Waals surface area contributed by atoms with E-state index in [9.17, 15) is 4.39 Å². The molecule has 2 aliphatic rings. The van der Waals surface area contributed by atoms with E-state index >= 15 is 0 Å². The zero-order valence-electron chi connectivity index (χ0n) is 11.7. The van der Waals surface area contributed by atoms with Gasteiger partial charge in [-0.15, -0.1) is 0 Å². The largest absolute Gasteiger partial charge is 0.371 e. The average molecular weight is 262 g/mol. The summed E-state index contributed by atoms with van der Waals surface area (Å²) < 4.78 is 13.5. The van der Waals surface area contributed by atoms with Gasteiger partial charge in [0.05, 0.1) is 0 Å². The lowest BCUT2D eigenvalue weighted by atomic mass is 10.1. The molecule has 2 nitrogen and oxygen atoms in total. The maximum Gasteiger partial charge on any atom is 0.123 e. The Morgan fingerprint density at radius 1 is 1.32 bits per heavy atom. The smallest absolute Gasteiger partial charge is 0.123 e. The molecule has 3 heteroatoms. The van der Waals surface area contributed by atoms with E-state index in [-0.39, 0.29) is 5.82 Å². The van der Waals surface area contributed by atoms with Gasteiger partial charge in [0.1, 0.15) is 5.82 Å². The second kappa shape index (κ2) is 5.49. The van der Waals surface area contributed by atoms with Gasteiger partial charge in [-0.2, -0.15) is 0 Å². The van der Waals surface area contributed by atoms with Crippen LogP contribution in [0.1, 0.15) is 38.2 Å². The molecule has 3 rings (SSSR count). The molecular formula is C16H23FN2. The molecule has 1 atom stereocenters. The molecule has 19 heavy (non-hydrogen) atoms. The van der Waals surface area contributed by atoms with Crippen molar-refractivity contribution < 1.29 is 4.39 Å². The van der Waals surface area contributed by atoms with Crippen LogP contribution in [0.5, 0.6) is 0 Å². The highest BCUT2D eigenvalue weighted by molar-refractivity contribution is 5.54. The molecule has 104 valence electrons. The molecule has 1 unspecified atom stereocenters. The molecule has 2 fully saturated rings. The van der Waals surface area contributed by atoms with Crippen molar-refractivity contribution in [1.82, 2.24) is 5.32 Å². The number of anilines is 1. The van der Waals surface area contributed by atoms with Crippen molar-refractivity contribution in [3.05, 3.63) is 29.6 Å². The Hall–Kier alpha value is -1.09. The summed E-state index contributed by atoms with van der Waals surface area (Å²) in [6, 6.07) is 5.91. The molecule has 1 N–H and O–H groups in total. The average Bonchev–Trinajstić information content (AvgIpc) is 3.13. The molecule has 1 aromatic carbocycles. The second-order valence-electron chi connectivity index (χ2n) is 5.94. The molecular weight excluding hydrogens is 239 g/mol. The van der Waals surface area contributed by atoms with Gasteiger partial charge in [0.15, 0.2) is 0 Å². The molecule has 1 heterocycles. The molecule has 1 aromatic rings. The number of benzene rings is 1. The van der Waals surface area contributed by atoms with Gasteiger partial charge in [-0.05, 0) is 48.9 Å². The zero-order chi connectivity index (χ0) is 13.2. The van der Waals surface area contributed by atoms with Crippen LogP contribution in [0.15, 0.2) is 18.2 Å². The summed E-state index contributed by atoms with van der Waals surface area (Å²) in [4.78, 5) is 2.43. The summed E-state index contributed by atoms with van der Waals surface area (Å²) in [5.41, 5.74) is 2.34. The number of nitrogens with zero attached hydrogens (tertiary/aromatic N) is 1. The summed E-state index contributed by atoms with van der Waals surface area (Å²) in [6.45, 7) is 5.29. The Morgan fingerprint density at radius 3 is 2.84 bits per heavy atom. The lowest BCUT2D eigenvalue weighted by Gasteiger charge is -2.22. The maximum absolute atomic E-state index is 13.5. The van der Waals surface area contributed by atoms with Gasteiger partial charge in [0, 0.05) is 31.4 Å². The Bertz CT molecular complexity index is 442. The van der Waals surface area contributed by atoms with E-state index < -0.39 is 0 Å². The first-order valence-corrected chi connectivity index (χ1v) is 7.53. The third kappa shape index (κ3) is 3.08. The number of nitrogens with one attached hydrogen (secondary N) is 1. The number of rotatable bonds is 5. The van der Waals surface area contributed by atoms with Crippen molar-refractivity contribution in [2.45, 2.75) is 45.2 Å². The van der Waals surface area contributed by atoms with Crippen LogP contribution < -0.4 is 10.2 Å². The standard InChI is InChI=1S/C16H23FN2/c1-2-12-7-8-19(11-12)16-6-3-14(17)9-13(16)10-18-15-4-5-15/h3,6,9,12,15,18H,2,4-5,7-8,10-11H2,1H3. The predicted octanol–water partition coefficient (Wildman–Crippen LogP) is 3.31. The summed E-state index contributed by atoms with van der Waals surface area (Å²) in [6.07, 6.45) is 5.05. The van der Waals surface area contributed by atoms with Crippen molar-refractivity contribution in [1.29, 1.82) is 0 Å². The van der Waals surface area contributed by atoms with E-state index in [0.29, 0.717) is 6.04 Å². The Balaban J connectivity index is 1.74. The fourth-order valence-corrected chi connectivity index (χ4v) is 2.93. The minimum Gasteiger partial charge on any atom is -0.371 e. The van der Waals surface area contributed by atoms with Crippen LogP contribution in [-0.2, 0) is 6.54 Å². The topological polar surface area (TPSA) is 15.3 Å². The fourth-order valence-electron chi connectivity index (χ4n) is 2.93. The summed E-state index contributed by atoms with van der Waals surface area (Å²) in [5.74, 6) is 0.678. The summed E-state index contributed by atoms with van der Waals surface area (Å²) in [7, 11) is 0. The molecule has 1 aliphatic carbocycles. The molecule has 1 saturated carbocycles. The SMILES string of the molecule is CCC1CCN(c2ccc(F)cc2CNC2CC2)C1. The van der Waals surface area contributed by atoms with Crippen LogP contribution in [0.25, 0.3) is 0 Å². The minimum atomic E-state index is -0.123. The predicted molar refractivity (Wildman–Crippen MR) is 76.9 cm³/mol. The normalized spacial score (nSPS) is 23.1. The van der Waals surface area contributed by atoms with Crippen molar-refractivity contribution in [2.75, 3.05) is 18.0 Å². The number of hydrogen-bond donors (Lipinski definition) is 1. The van der Waals surface area contributed by atoms with E-state index in [1.807, 2.05) is 6.07 Å². The Morgan fingerprint density at radius 2 is 2.16 bits per heavy atom. The fraction of sp³-hybridized carbons (Fsp3) is 0.625. The second-order valence-corrected chi connectivity index (χ2v) is 5.94. The minimum absolute atomic E-state index is 0.123. The first-order valence-electron chi connectivity index (χ1n) is 7.53. The Kier molecular flexibility index (Phi) is 3.74. The molecule has 0 radical (unpaired) electrons. The van der Waals surface area contributed by atoms with Crippen LogP contribution in [0.3, 0.4) is 0 Å². The molecule has 0 spiro atoms. The number of hydrogen-bond acceptors (Lipinski definition) is 2. The monoisotopic (exact) mass is 262 g/mol. The lowest BCUT2D eigenvalue weighted by Crippen LogP contribution is -2.23. The highest BCUT2D eigenvalue weighted by Crippen LogP contribution is 2.29. The van der Waals surface area contributed by atoms with Gasteiger partial charge in [-0.1, -0.05) is 13.3 Å². The van der Waals surface area contributed by atoms with Crippen molar-refractivity contribution in [3.63, 3.8) is 0 Å². The Labute approximate surface area is 115 Å². The highest BCUT2D eigenvalue weighted by Gasteiger charge is 2.24. The van der Waals surface area contributed by atoms with Gasteiger partial charge in [0.2, 0.25) is 0 Å². The molecule has 1 saturated heterocycles.